The van der Waals surface area contributed by atoms with Crippen LogP contribution in [0, 0.1) is 0 Å². The fourth-order valence-corrected chi connectivity index (χ4v) is 4.05. The van der Waals surface area contributed by atoms with E-state index in [0.29, 0.717) is 22.3 Å². The van der Waals surface area contributed by atoms with E-state index in [1.807, 2.05) is 0 Å². The summed E-state index contributed by atoms with van der Waals surface area (Å²) in [5.41, 5.74) is 1.05. The maximum absolute atomic E-state index is 14.4. The van der Waals surface area contributed by atoms with E-state index in [2.05, 4.69) is 20.0 Å². The van der Waals surface area contributed by atoms with Crippen LogP contribution >= 0.6 is 0 Å². The lowest BCUT2D eigenvalue weighted by Gasteiger charge is -2.22. The molecule has 1 aromatic heterocycles. The highest BCUT2D eigenvalue weighted by atomic mass is 32.2. The number of aliphatic hydroxyl groups excluding tert-OH is 1. The molecule has 1 heterocycles. The van der Waals surface area contributed by atoms with Crippen molar-refractivity contribution in [2.24, 2.45) is 0 Å². The summed E-state index contributed by atoms with van der Waals surface area (Å²) in [6.07, 6.45) is 1.07. The van der Waals surface area contributed by atoms with Gasteiger partial charge in [0.25, 0.3) is 5.92 Å². The Bertz CT molecular complexity index is 1320. The first kappa shape index (κ1) is 26.5. The van der Waals surface area contributed by atoms with Gasteiger partial charge in [-0.25, -0.2) is 18.4 Å². The van der Waals surface area contributed by atoms with Gasteiger partial charge in [-0.3, -0.25) is 4.31 Å². The zero-order valence-corrected chi connectivity index (χ0v) is 20.9. The number of halogens is 2. The minimum absolute atomic E-state index is 0.124. The molecule has 190 valence electrons. The molecule has 1 atom stereocenters. The van der Waals surface area contributed by atoms with Crippen LogP contribution < -0.4 is 14.4 Å². The Hall–Kier alpha value is -3.09. The van der Waals surface area contributed by atoms with E-state index in [4.69, 9.17) is 4.74 Å². The normalized spacial score (nSPS) is 13.0. The summed E-state index contributed by atoms with van der Waals surface area (Å²) >= 11 is 0. The molecule has 0 saturated carbocycles. The number of hydrogen-bond donors (Lipinski definition) is 2. The van der Waals surface area contributed by atoms with Gasteiger partial charge in [0.2, 0.25) is 10.0 Å². The van der Waals surface area contributed by atoms with E-state index in [9.17, 15) is 22.3 Å². The van der Waals surface area contributed by atoms with Gasteiger partial charge < -0.3 is 19.9 Å². The van der Waals surface area contributed by atoms with Crippen molar-refractivity contribution in [3.63, 3.8) is 0 Å². The number of anilines is 2. The molecule has 0 aliphatic rings. The molecular weight excluding hydrogens is 482 g/mol. The van der Waals surface area contributed by atoms with Crippen LogP contribution in [-0.2, 0) is 27.3 Å². The van der Waals surface area contributed by atoms with Crippen LogP contribution in [-0.4, -0.2) is 57.6 Å². The average molecular weight is 511 g/mol. The second-order valence-electron chi connectivity index (χ2n) is 8.05. The number of ether oxygens (including phenoxy) is 2. The average Bonchev–Trinajstić information content (AvgIpc) is 2.82. The van der Waals surface area contributed by atoms with Crippen LogP contribution in [0.4, 0.5) is 20.3 Å². The van der Waals surface area contributed by atoms with Crippen LogP contribution in [0.25, 0.3) is 10.9 Å². The molecule has 0 unspecified atom stereocenters. The standard InChI is InChI=1S/C23H28F2N4O5S/c1-14(15-7-6-8-16(9-15)23(24,25)13-33-3)26-22-17-10-19(29(2)35(5,31)32)20(34-4)11-18(17)27-21(12-30)28-22/h6-11,14,30H,12-13H2,1-5H3,(H,26,27,28)/t14-/m1/s1. The molecule has 0 bridgehead atoms. The third kappa shape index (κ3) is 5.77. The summed E-state index contributed by atoms with van der Waals surface area (Å²) in [6.45, 7) is 0.589. The fraction of sp³-hybridized carbons (Fsp3) is 0.391. The van der Waals surface area contributed by atoms with Crippen LogP contribution in [0.15, 0.2) is 36.4 Å². The van der Waals surface area contributed by atoms with Gasteiger partial charge in [0.05, 0.1) is 24.6 Å². The van der Waals surface area contributed by atoms with Crippen molar-refractivity contribution in [3.8, 4) is 5.75 Å². The van der Waals surface area contributed by atoms with E-state index in [-0.39, 0.29) is 22.8 Å². The lowest BCUT2D eigenvalue weighted by molar-refractivity contribution is -0.0698. The molecule has 3 aromatic rings. The first-order valence-corrected chi connectivity index (χ1v) is 12.4. The van der Waals surface area contributed by atoms with Gasteiger partial charge in [-0.15, -0.1) is 0 Å². The number of benzene rings is 2. The Balaban J connectivity index is 2.09. The number of alkyl halides is 2. The Morgan fingerprint density at radius 3 is 2.51 bits per heavy atom. The van der Waals surface area contributed by atoms with Crippen molar-refractivity contribution in [3.05, 3.63) is 53.3 Å². The number of nitrogens with one attached hydrogen (secondary N) is 1. The molecule has 9 nitrogen and oxygen atoms in total. The molecule has 12 heteroatoms. The molecule has 0 spiro atoms. The largest absolute Gasteiger partial charge is 0.494 e. The van der Waals surface area contributed by atoms with Crippen LogP contribution in [0.3, 0.4) is 0 Å². The van der Waals surface area contributed by atoms with Gasteiger partial charge in [0.1, 0.15) is 24.8 Å². The highest BCUT2D eigenvalue weighted by Crippen LogP contribution is 2.37. The van der Waals surface area contributed by atoms with Gasteiger partial charge in [-0.1, -0.05) is 18.2 Å². The summed E-state index contributed by atoms with van der Waals surface area (Å²) in [5.74, 6) is -2.47. The van der Waals surface area contributed by atoms with Crippen molar-refractivity contribution in [2.45, 2.75) is 25.5 Å². The lowest BCUT2D eigenvalue weighted by atomic mass is 10.0. The van der Waals surface area contributed by atoms with Crippen LogP contribution in [0.5, 0.6) is 5.75 Å². The predicted molar refractivity (Wildman–Crippen MR) is 130 cm³/mol. The smallest absolute Gasteiger partial charge is 0.296 e. The highest BCUT2D eigenvalue weighted by molar-refractivity contribution is 7.92. The summed E-state index contributed by atoms with van der Waals surface area (Å²) in [7, 11) is 0.410. The van der Waals surface area contributed by atoms with Gasteiger partial charge in [0, 0.05) is 37.2 Å². The molecule has 0 amide bonds. The Labute approximate surface area is 202 Å². The predicted octanol–water partition coefficient (Wildman–Crippen LogP) is 3.44. The Morgan fingerprint density at radius 1 is 1.20 bits per heavy atom. The SMILES string of the molecule is COCC(F)(F)c1cccc([C@@H](C)Nc2nc(CO)nc3cc(OC)c(N(C)S(C)(=O)=O)cc23)c1. The van der Waals surface area contributed by atoms with E-state index in [0.717, 1.165) is 10.6 Å². The molecule has 2 N–H and O–H groups in total. The molecule has 0 aliphatic heterocycles. The van der Waals surface area contributed by atoms with E-state index in [1.165, 1.54) is 39.5 Å². The van der Waals surface area contributed by atoms with Crippen molar-refractivity contribution < 1.29 is 31.8 Å². The molecule has 2 aromatic carbocycles. The first-order valence-electron chi connectivity index (χ1n) is 10.6. The number of sulfonamides is 1. The molecule has 0 radical (unpaired) electrons. The van der Waals surface area contributed by atoms with Crippen molar-refractivity contribution in [1.29, 1.82) is 0 Å². The molecule has 0 saturated heterocycles. The summed E-state index contributed by atoms with van der Waals surface area (Å²) in [5, 5.41) is 13.3. The van der Waals surface area contributed by atoms with E-state index in [1.54, 1.807) is 25.1 Å². The summed E-state index contributed by atoms with van der Waals surface area (Å²) < 4.78 is 64.1. The maximum Gasteiger partial charge on any atom is 0.296 e. The molecule has 0 fully saturated rings. The summed E-state index contributed by atoms with van der Waals surface area (Å²) in [6, 6.07) is 8.59. The highest BCUT2D eigenvalue weighted by Gasteiger charge is 2.32. The van der Waals surface area contributed by atoms with Gasteiger partial charge in [-0.05, 0) is 24.6 Å². The lowest BCUT2D eigenvalue weighted by Crippen LogP contribution is -2.25. The molecule has 3 rings (SSSR count). The second-order valence-corrected chi connectivity index (χ2v) is 10.1. The molecule has 0 aliphatic carbocycles. The fourth-order valence-electron chi connectivity index (χ4n) is 3.55. The number of methoxy groups -OCH3 is 2. The minimum Gasteiger partial charge on any atom is -0.494 e. The number of rotatable bonds is 10. The minimum atomic E-state index is -3.60. The van der Waals surface area contributed by atoms with Gasteiger partial charge in [0.15, 0.2) is 5.82 Å². The van der Waals surface area contributed by atoms with Crippen LogP contribution in [0.1, 0.15) is 29.9 Å². The Kier molecular flexibility index (Phi) is 7.77. The number of hydrogen-bond acceptors (Lipinski definition) is 8. The van der Waals surface area contributed by atoms with E-state index < -0.39 is 35.2 Å². The molecular formula is C23H28F2N4O5S. The number of aromatic nitrogens is 2. The molecule has 35 heavy (non-hydrogen) atoms. The van der Waals surface area contributed by atoms with E-state index >= 15 is 0 Å². The van der Waals surface area contributed by atoms with Crippen molar-refractivity contribution in [2.75, 3.05) is 43.8 Å². The zero-order chi connectivity index (χ0) is 26.0. The Morgan fingerprint density at radius 2 is 1.91 bits per heavy atom. The third-order valence-electron chi connectivity index (χ3n) is 5.51. The monoisotopic (exact) mass is 510 g/mol. The zero-order valence-electron chi connectivity index (χ0n) is 20.0. The topological polar surface area (TPSA) is 114 Å². The first-order chi connectivity index (χ1) is 16.4. The quantitative estimate of drug-likeness (QED) is 0.427. The van der Waals surface area contributed by atoms with Crippen LogP contribution in [0.2, 0.25) is 0 Å². The number of nitrogens with zero attached hydrogens (tertiary/aromatic N) is 3. The number of aliphatic hydroxyl groups is 1. The van der Waals surface area contributed by atoms with Crippen molar-refractivity contribution in [1.82, 2.24) is 9.97 Å². The van der Waals surface area contributed by atoms with Gasteiger partial charge >= 0.3 is 0 Å². The third-order valence-corrected chi connectivity index (χ3v) is 6.70. The van der Waals surface area contributed by atoms with Gasteiger partial charge in [-0.2, -0.15) is 8.78 Å². The second kappa shape index (κ2) is 10.3. The summed E-state index contributed by atoms with van der Waals surface area (Å²) in [4.78, 5) is 8.66. The van der Waals surface area contributed by atoms with Crippen molar-refractivity contribution >= 4 is 32.4 Å². The number of fused-ring (bicyclic) bond motifs is 1. The maximum atomic E-state index is 14.4.